The highest BCUT2D eigenvalue weighted by Crippen LogP contribution is 2.31. The largest absolute Gasteiger partial charge is 0.394 e. The Kier molecular flexibility index (Phi) is 7.30. The molecule has 1 fully saturated rings. The molecular formula is C16H25N7O6S. The predicted octanol–water partition coefficient (Wildman–Crippen LogP) is -2.66. The summed E-state index contributed by atoms with van der Waals surface area (Å²) in [6.07, 6.45) is -2.43. The third-order valence-corrected chi connectivity index (χ3v) is 5.00. The van der Waals surface area contributed by atoms with Gasteiger partial charge in [-0.15, -0.1) is 0 Å². The number of fused-ring (bicyclic) bond motifs is 1. The summed E-state index contributed by atoms with van der Waals surface area (Å²) in [5.41, 5.74) is 6.23. The van der Waals surface area contributed by atoms with Gasteiger partial charge in [0.05, 0.1) is 19.5 Å². The average Bonchev–Trinajstić information content (AvgIpc) is 3.28. The zero-order chi connectivity index (χ0) is 21.8. The Balaban J connectivity index is 1.67. The number of carbonyl (C=O) groups excluding carboxylic acids is 1. The van der Waals surface area contributed by atoms with E-state index in [2.05, 4.69) is 25.6 Å². The van der Waals surface area contributed by atoms with Crippen molar-refractivity contribution in [2.45, 2.75) is 37.0 Å². The van der Waals surface area contributed by atoms with Gasteiger partial charge in [0, 0.05) is 13.1 Å². The molecule has 0 saturated carbocycles. The maximum Gasteiger partial charge on any atom is 0.239 e. The lowest BCUT2D eigenvalue weighted by Gasteiger charge is -2.17. The van der Waals surface area contributed by atoms with Crippen LogP contribution in [0.15, 0.2) is 6.33 Å². The van der Waals surface area contributed by atoms with Crippen molar-refractivity contribution in [2.75, 3.05) is 31.6 Å². The van der Waals surface area contributed by atoms with Crippen LogP contribution in [-0.2, 0) is 9.53 Å². The van der Waals surface area contributed by atoms with Crippen LogP contribution < -0.4 is 16.4 Å². The van der Waals surface area contributed by atoms with Crippen molar-refractivity contribution < 1.29 is 30.0 Å². The van der Waals surface area contributed by atoms with Gasteiger partial charge in [-0.3, -0.25) is 9.36 Å². The molecule has 5 atom stereocenters. The molecule has 30 heavy (non-hydrogen) atoms. The van der Waals surface area contributed by atoms with Crippen molar-refractivity contribution in [3.05, 3.63) is 11.0 Å². The number of hydrogen-bond acceptors (Lipinski definition) is 11. The lowest BCUT2D eigenvalue weighted by molar-refractivity contribution is -0.123. The van der Waals surface area contributed by atoms with Crippen molar-refractivity contribution in [2.24, 2.45) is 5.73 Å². The number of aromatic nitrogens is 4. The standard InChI is InChI=1S/C16H25N7O6S/c17-7(4-24)13(28)18-2-1-3-19-16-21-12-9(14(30)22-16)20-6-23(12)15-11(27)10(26)8(5-25)29-15/h6-8,10-11,15,24-27H,1-5,17H2,(H,18,28)(H2,19,21,22,30)/t7?,8-,10?,11?,15-/m1/s1. The van der Waals surface area contributed by atoms with Crippen LogP contribution in [-0.4, -0.2) is 96.5 Å². The van der Waals surface area contributed by atoms with Gasteiger partial charge >= 0.3 is 0 Å². The van der Waals surface area contributed by atoms with Crippen LogP contribution in [0.25, 0.3) is 11.2 Å². The van der Waals surface area contributed by atoms with Crippen LogP contribution in [0.5, 0.6) is 0 Å². The van der Waals surface area contributed by atoms with E-state index < -0.39 is 49.7 Å². The fraction of sp³-hybridized carbons (Fsp3) is 0.625. The highest BCUT2D eigenvalue weighted by Gasteiger charge is 2.43. The molecule has 3 rings (SSSR count). The molecule has 0 bridgehead atoms. The van der Waals surface area contributed by atoms with Crippen LogP contribution in [0.2, 0.25) is 0 Å². The molecule has 9 N–H and O–H groups in total. The molecule has 14 heteroatoms. The number of anilines is 1. The van der Waals surface area contributed by atoms with Crippen LogP contribution in [0.4, 0.5) is 5.95 Å². The maximum absolute atomic E-state index is 11.5. The number of amides is 1. The Bertz CT molecular complexity index is 936. The molecule has 0 aromatic carbocycles. The number of rotatable bonds is 9. The van der Waals surface area contributed by atoms with Crippen LogP contribution >= 0.6 is 12.2 Å². The van der Waals surface area contributed by atoms with Gasteiger partial charge in [-0.2, -0.15) is 0 Å². The number of nitrogens with two attached hydrogens (primary N) is 1. The Labute approximate surface area is 175 Å². The monoisotopic (exact) mass is 443 g/mol. The molecule has 1 amide bonds. The van der Waals surface area contributed by atoms with Gasteiger partial charge in [0.25, 0.3) is 0 Å². The average molecular weight is 443 g/mol. The van der Waals surface area contributed by atoms with E-state index in [0.29, 0.717) is 36.6 Å². The zero-order valence-corrected chi connectivity index (χ0v) is 16.7. The lowest BCUT2D eigenvalue weighted by atomic mass is 10.1. The molecule has 166 valence electrons. The molecule has 0 radical (unpaired) electrons. The molecule has 0 aliphatic carbocycles. The van der Waals surface area contributed by atoms with E-state index in [-0.39, 0.29) is 4.64 Å². The molecule has 1 saturated heterocycles. The van der Waals surface area contributed by atoms with E-state index >= 15 is 0 Å². The number of imidazole rings is 1. The fourth-order valence-corrected chi connectivity index (χ4v) is 3.28. The first-order valence-corrected chi connectivity index (χ1v) is 9.75. The van der Waals surface area contributed by atoms with Crippen molar-refractivity contribution in [1.29, 1.82) is 0 Å². The smallest absolute Gasteiger partial charge is 0.239 e. The highest BCUT2D eigenvalue weighted by atomic mass is 32.1. The number of ether oxygens (including phenoxy) is 1. The second-order valence-corrected chi connectivity index (χ2v) is 7.22. The maximum atomic E-state index is 11.5. The number of nitrogens with one attached hydrogen (secondary N) is 3. The summed E-state index contributed by atoms with van der Waals surface area (Å²) >= 11 is 5.27. The summed E-state index contributed by atoms with van der Waals surface area (Å²) in [5, 5.41) is 44.0. The van der Waals surface area contributed by atoms with E-state index in [1.165, 1.54) is 10.9 Å². The van der Waals surface area contributed by atoms with Gasteiger partial charge in [0.15, 0.2) is 10.9 Å². The SMILES string of the molecule is NC(CO)C(=O)NCCCNc1nc(=S)c2ncn([C@@H]3O[C@H](CO)C(O)C3O)c2[nH]1. The molecule has 2 aromatic heterocycles. The second kappa shape index (κ2) is 9.74. The first-order valence-electron chi connectivity index (χ1n) is 9.34. The van der Waals surface area contributed by atoms with Crippen LogP contribution in [0, 0.1) is 4.64 Å². The number of aliphatic hydroxyl groups excluding tert-OH is 4. The fourth-order valence-electron chi connectivity index (χ4n) is 3.04. The van der Waals surface area contributed by atoms with Gasteiger partial charge in [0.2, 0.25) is 11.9 Å². The number of H-pyrrole nitrogens is 1. The molecular weight excluding hydrogens is 418 g/mol. The minimum absolute atomic E-state index is 0.221. The van der Waals surface area contributed by atoms with Crippen molar-refractivity contribution in [1.82, 2.24) is 24.8 Å². The molecule has 3 heterocycles. The molecule has 13 nitrogen and oxygen atoms in total. The first kappa shape index (κ1) is 22.5. The summed E-state index contributed by atoms with van der Waals surface area (Å²) in [6, 6.07) is -0.949. The quantitative estimate of drug-likeness (QED) is 0.148. The Morgan fingerprint density at radius 3 is 2.80 bits per heavy atom. The van der Waals surface area contributed by atoms with Gasteiger partial charge < -0.3 is 46.5 Å². The van der Waals surface area contributed by atoms with E-state index in [9.17, 15) is 20.1 Å². The van der Waals surface area contributed by atoms with Gasteiger partial charge in [0.1, 0.15) is 35.5 Å². The van der Waals surface area contributed by atoms with Crippen molar-refractivity contribution in [3.8, 4) is 0 Å². The van der Waals surface area contributed by atoms with E-state index in [0.717, 1.165) is 0 Å². The normalized spacial score (nSPS) is 24.8. The highest BCUT2D eigenvalue weighted by molar-refractivity contribution is 7.71. The van der Waals surface area contributed by atoms with E-state index in [1.807, 2.05) is 0 Å². The topological polar surface area (TPSA) is 204 Å². The third kappa shape index (κ3) is 4.59. The summed E-state index contributed by atoms with van der Waals surface area (Å²) in [6.45, 7) is -0.0668. The summed E-state index contributed by atoms with van der Waals surface area (Å²) in [7, 11) is 0. The Morgan fingerprint density at radius 1 is 1.37 bits per heavy atom. The van der Waals surface area contributed by atoms with E-state index in [4.69, 9.17) is 27.8 Å². The third-order valence-electron chi connectivity index (χ3n) is 4.72. The summed E-state index contributed by atoms with van der Waals surface area (Å²) < 4.78 is 7.25. The van der Waals surface area contributed by atoms with Gasteiger partial charge in [-0.1, -0.05) is 12.2 Å². The first-order chi connectivity index (χ1) is 14.4. The minimum Gasteiger partial charge on any atom is -0.394 e. The molecule has 3 unspecified atom stereocenters. The number of hydrogen-bond donors (Lipinski definition) is 8. The van der Waals surface area contributed by atoms with Crippen molar-refractivity contribution in [3.63, 3.8) is 0 Å². The predicted molar refractivity (Wildman–Crippen MR) is 107 cm³/mol. The number of aliphatic hydroxyl groups is 4. The Morgan fingerprint density at radius 2 is 2.13 bits per heavy atom. The second-order valence-electron chi connectivity index (χ2n) is 6.83. The Hall–Kier alpha value is -2.20. The van der Waals surface area contributed by atoms with Crippen LogP contribution in [0.3, 0.4) is 0 Å². The van der Waals surface area contributed by atoms with Gasteiger partial charge in [-0.05, 0) is 6.42 Å². The summed E-state index contributed by atoms with van der Waals surface area (Å²) in [5.74, 6) is -0.0850. The van der Waals surface area contributed by atoms with Crippen LogP contribution in [0.1, 0.15) is 12.6 Å². The van der Waals surface area contributed by atoms with Gasteiger partial charge in [-0.25, -0.2) is 9.97 Å². The lowest BCUT2D eigenvalue weighted by Crippen LogP contribution is -2.43. The number of carbonyl (C=O) groups is 1. The molecule has 0 spiro atoms. The van der Waals surface area contributed by atoms with Crippen molar-refractivity contribution >= 4 is 35.2 Å². The number of aromatic amines is 1. The number of nitrogens with zero attached hydrogens (tertiary/aromatic N) is 3. The molecule has 2 aromatic rings. The summed E-state index contributed by atoms with van der Waals surface area (Å²) in [4.78, 5) is 22.9. The zero-order valence-electron chi connectivity index (χ0n) is 15.9. The molecule has 1 aliphatic heterocycles. The van der Waals surface area contributed by atoms with E-state index in [1.54, 1.807) is 0 Å². The molecule has 1 aliphatic rings. The minimum atomic E-state index is -1.26.